The van der Waals surface area contributed by atoms with Crippen LogP contribution < -0.4 is 21.4 Å². The summed E-state index contributed by atoms with van der Waals surface area (Å²) in [5, 5.41) is 59.2. The van der Waals surface area contributed by atoms with Crippen LogP contribution in [0.5, 0.6) is 5.75 Å². The standard InChI is InChI=1S/C33H37BN4O10/c1-32(2)16-8-7-13(11-18(16)34(47)48-32)31(45)36-19-12-20(37(3)4)15-9-14-10-17-24(38(5)6)27(41)23(30(35)44)29(43)33(17,46)28(42)21(14)26(40)22(15)25(19)39/h7-8,11-12,14,17,24,39-40,43,46-47H,9-10H2,1-6H3,(H2,35,44)(H,36,45)/t14-,17+,24+,33+/m1/s1. The first-order valence-electron chi connectivity index (χ1n) is 15.4. The number of aliphatic hydroxyl groups is 3. The van der Waals surface area contributed by atoms with Crippen LogP contribution in [-0.4, -0.2) is 101 Å². The molecule has 2 aromatic carbocycles. The molecule has 252 valence electrons. The van der Waals surface area contributed by atoms with Crippen molar-refractivity contribution in [2.24, 2.45) is 17.6 Å². The van der Waals surface area contributed by atoms with E-state index in [1.165, 1.54) is 31.1 Å². The highest BCUT2D eigenvalue weighted by Crippen LogP contribution is 2.54. The molecule has 1 aliphatic heterocycles. The van der Waals surface area contributed by atoms with Crippen molar-refractivity contribution in [2.45, 2.75) is 43.9 Å². The number of phenols is 1. The van der Waals surface area contributed by atoms with Gasteiger partial charge in [-0.1, -0.05) is 6.07 Å². The number of nitrogens with zero attached hydrogens (tertiary/aromatic N) is 2. The van der Waals surface area contributed by atoms with Gasteiger partial charge >= 0.3 is 7.12 Å². The molecular weight excluding hydrogens is 623 g/mol. The fourth-order valence-electron chi connectivity index (χ4n) is 7.84. The van der Waals surface area contributed by atoms with Gasteiger partial charge in [-0.25, -0.2) is 0 Å². The number of carbonyl (C=O) groups excluding carboxylic acids is 4. The van der Waals surface area contributed by atoms with Crippen LogP contribution >= 0.6 is 0 Å². The van der Waals surface area contributed by atoms with Gasteiger partial charge in [-0.2, -0.15) is 0 Å². The third kappa shape index (κ3) is 4.56. The molecule has 8 N–H and O–H groups in total. The number of phenolic OH excluding ortho intramolecular Hbond substituents is 1. The average molecular weight is 660 g/mol. The molecule has 1 heterocycles. The molecule has 0 aromatic heterocycles. The van der Waals surface area contributed by atoms with E-state index in [2.05, 4.69) is 5.32 Å². The quantitative estimate of drug-likeness (QED) is 0.130. The second-order valence-corrected chi connectivity index (χ2v) is 13.7. The first kappa shape index (κ1) is 33.2. The SMILES string of the molecule is CN(C)c1cc(NC(=O)c2ccc3c(c2)B(O)OC3(C)C)c(O)c2c1C[C@@H]1C[C@H]3[C@H](N(C)C)C(=O)C(C(N)=O)=C(O)[C@@]3(O)C(=O)C1=C2O. The molecule has 0 saturated heterocycles. The van der Waals surface area contributed by atoms with E-state index >= 15 is 0 Å². The number of ketones is 2. The van der Waals surface area contributed by atoms with E-state index in [0.29, 0.717) is 22.3 Å². The van der Waals surface area contributed by atoms with Gasteiger partial charge in [0.2, 0.25) is 5.78 Å². The predicted octanol–water partition coefficient (Wildman–Crippen LogP) is 0.235. The topological polar surface area (TPSA) is 223 Å². The lowest BCUT2D eigenvalue weighted by atomic mass is 9.57. The molecule has 6 rings (SSSR count). The molecule has 2 amide bonds. The summed E-state index contributed by atoms with van der Waals surface area (Å²) >= 11 is 0. The zero-order valence-corrected chi connectivity index (χ0v) is 27.3. The van der Waals surface area contributed by atoms with E-state index in [-0.39, 0.29) is 35.2 Å². The summed E-state index contributed by atoms with van der Waals surface area (Å²) in [6.45, 7) is 3.58. The summed E-state index contributed by atoms with van der Waals surface area (Å²) in [6, 6.07) is 5.05. The Kier molecular flexibility index (Phi) is 7.56. The number of benzene rings is 2. The van der Waals surface area contributed by atoms with E-state index in [0.717, 1.165) is 0 Å². The molecule has 0 spiro atoms. The highest BCUT2D eigenvalue weighted by Gasteiger charge is 2.64. The van der Waals surface area contributed by atoms with Gasteiger partial charge in [0.15, 0.2) is 11.4 Å². The largest absolute Gasteiger partial charge is 0.508 e. The predicted molar refractivity (Wildman–Crippen MR) is 175 cm³/mol. The Morgan fingerprint density at radius 2 is 1.75 bits per heavy atom. The summed E-state index contributed by atoms with van der Waals surface area (Å²) in [4.78, 5) is 56.4. The van der Waals surface area contributed by atoms with Crippen LogP contribution in [0.25, 0.3) is 5.76 Å². The molecule has 48 heavy (non-hydrogen) atoms. The number of aliphatic hydroxyl groups excluding tert-OH is 2. The van der Waals surface area contributed by atoms with Crippen molar-refractivity contribution >= 4 is 53.1 Å². The van der Waals surface area contributed by atoms with Gasteiger partial charge in [-0.15, -0.1) is 0 Å². The monoisotopic (exact) mass is 660 g/mol. The Hall–Kier alpha value is -4.70. The van der Waals surface area contributed by atoms with Crippen molar-refractivity contribution in [3.8, 4) is 5.75 Å². The van der Waals surface area contributed by atoms with Gasteiger partial charge in [0.1, 0.15) is 22.8 Å². The van der Waals surface area contributed by atoms with Crippen LogP contribution in [0.3, 0.4) is 0 Å². The number of Topliss-reactive ketones (excluding diaryl/α,β-unsaturated/α-hetero) is 2. The Balaban J connectivity index is 1.46. The minimum absolute atomic E-state index is 0.0530. The van der Waals surface area contributed by atoms with E-state index < -0.39 is 82.4 Å². The number of nitrogens with two attached hydrogens (primary N) is 1. The van der Waals surface area contributed by atoms with Crippen LogP contribution in [0.1, 0.15) is 47.3 Å². The molecule has 1 saturated carbocycles. The maximum absolute atomic E-state index is 14.2. The van der Waals surface area contributed by atoms with Gasteiger partial charge in [-0.05, 0) is 81.5 Å². The lowest BCUT2D eigenvalue weighted by molar-refractivity contribution is -0.153. The third-order valence-corrected chi connectivity index (χ3v) is 10.1. The minimum Gasteiger partial charge on any atom is -0.508 e. The van der Waals surface area contributed by atoms with Gasteiger partial charge in [-0.3, -0.25) is 24.1 Å². The van der Waals surface area contributed by atoms with Crippen molar-refractivity contribution in [1.29, 1.82) is 0 Å². The van der Waals surface area contributed by atoms with Crippen LogP contribution in [-0.2, 0) is 31.1 Å². The van der Waals surface area contributed by atoms with Crippen LogP contribution in [0.2, 0.25) is 0 Å². The number of hydrogen-bond acceptors (Lipinski definition) is 12. The fraction of sp³-hybridized carbons (Fsp3) is 0.394. The smallest absolute Gasteiger partial charge is 0.492 e. The maximum atomic E-state index is 14.2. The van der Waals surface area contributed by atoms with Crippen LogP contribution in [0.15, 0.2) is 41.2 Å². The highest BCUT2D eigenvalue weighted by atomic mass is 16.5. The van der Waals surface area contributed by atoms with E-state index in [9.17, 15) is 44.6 Å². The van der Waals surface area contributed by atoms with E-state index in [1.807, 2.05) is 0 Å². The molecule has 15 heteroatoms. The van der Waals surface area contributed by atoms with E-state index in [4.69, 9.17) is 10.4 Å². The van der Waals surface area contributed by atoms with E-state index in [1.54, 1.807) is 45.0 Å². The fourth-order valence-corrected chi connectivity index (χ4v) is 7.84. The summed E-state index contributed by atoms with van der Waals surface area (Å²) in [6.07, 6.45) is 0.0327. The zero-order chi connectivity index (χ0) is 35.4. The molecule has 0 bridgehead atoms. The number of carbonyl (C=O) groups is 4. The second-order valence-electron chi connectivity index (χ2n) is 13.7. The highest BCUT2D eigenvalue weighted by molar-refractivity contribution is 6.62. The van der Waals surface area contributed by atoms with Crippen molar-refractivity contribution in [3.05, 3.63) is 63.4 Å². The van der Waals surface area contributed by atoms with Gasteiger partial charge < -0.3 is 46.1 Å². The zero-order valence-electron chi connectivity index (χ0n) is 27.3. The molecule has 14 nitrogen and oxygen atoms in total. The van der Waals surface area contributed by atoms with Crippen molar-refractivity contribution in [1.82, 2.24) is 4.90 Å². The second kappa shape index (κ2) is 10.9. The van der Waals surface area contributed by atoms with Crippen LogP contribution in [0.4, 0.5) is 11.4 Å². The van der Waals surface area contributed by atoms with Crippen molar-refractivity contribution in [3.63, 3.8) is 0 Å². The van der Waals surface area contributed by atoms with Crippen LogP contribution in [0, 0.1) is 11.8 Å². The molecule has 1 fully saturated rings. The normalized spacial score (nSPS) is 25.9. The lowest BCUT2D eigenvalue weighted by Crippen LogP contribution is -2.65. The number of amides is 2. The first-order valence-corrected chi connectivity index (χ1v) is 15.4. The van der Waals surface area contributed by atoms with Crippen molar-refractivity contribution in [2.75, 3.05) is 38.4 Å². The summed E-state index contributed by atoms with van der Waals surface area (Å²) < 4.78 is 5.59. The summed E-state index contributed by atoms with van der Waals surface area (Å²) in [5.41, 5.74) is 2.65. The average Bonchev–Trinajstić information content (AvgIpc) is 3.22. The Bertz CT molecular complexity index is 1900. The number of fused-ring (bicyclic) bond motifs is 4. The van der Waals surface area contributed by atoms with Gasteiger partial charge in [0, 0.05) is 36.8 Å². The molecule has 0 unspecified atom stereocenters. The Morgan fingerprint density at radius 3 is 2.35 bits per heavy atom. The maximum Gasteiger partial charge on any atom is 0.492 e. The number of nitrogens with one attached hydrogen (secondary N) is 1. The molecule has 0 radical (unpaired) electrons. The number of primary amides is 1. The summed E-state index contributed by atoms with van der Waals surface area (Å²) in [5.74, 6) is -8.29. The third-order valence-electron chi connectivity index (χ3n) is 10.1. The van der Waals surface area contributed by atoms with Gasteiger partial charge in [0.25, 0.3) is 11.8 Å². The molecule has 2 aromatic rings. The lowest BCUT2D eigenvalue weighted by Gasteiger charge is -2.50. The number of hydrogen-bond donors (Lipinski definition) is 7. The number of anilines is 2. The van der Waals surface area contributed by atoms with Gasteiger partial charge in [0.05, 0.1) is 22.9 Å². The van der Waals surface area contributed by atoms with Crippen molar-refractivity contribution < 1.29 is 49.3 Å². The summed E-state index contributed by atoms with van der Waals surface area (Å²) in [7, 11) is 5.27. The Labute approximate surface area is 276 Å². The Morgan fingerprint density at radius 1 is 1.08 bits per heavy atom. The minimum atomic E-state index is -2.77. The first-order chi connectivity index (χ1) is 22.3. The molecule has 4 aliphatic rings. The molecular formula is C33H37BN4O10. The number of aromatic hydroxyl groups is 1. The number of likely N-dealkylation sites (N-methyl/N-ethyl adjacent to an activating group) is 1. The molecule has 3 aliphatic carbocycles. The number of rotatable bonds is 5. The molecule has 4 atom stereocenters.